The van der Waals surface area contributed by atoms with Gasteiger partial charge in [0, 0.05) is 45.9 Å². The van der Waals surface area contributed by atoms with Crippen molar-refractivity contribution in [1.29, 1.82) is 0 Å². The highest BCUT2D eigenvalue weighted by Crippen LogP contribution is 2.22. The first-order valence-electron chi connectivity index (χ1n) is 7.37. The van der Waals surface area contributed by atoms with Crippen LogP contribution >= 0.6 is 0 Å². The number of likely N-dealkylation sites (tertiary alicyclic amines) is 2. The van der Waals surface area contributed by atoms with Gasteiger partial charge in [0.05, 0.1) is 6.10 Å². The molecular formula is C14H26N2O3. The Kier molecular flexibility index (Phi) is 5.60. The van der Waals surface area contributed by atoms with Gasteiger partial charge in [-0.1, -0.05) is 0 Å². The van der Waals surface area contributed by atoms with Gasteiger partial charge in [-0.3, -0.25) is 9.69 Å². The van der Waals surface area contributed by atoms with Gasteiger partial charge in [0.1, 0.15) is 6.61 Å². The maximum Gasteiger partial charge on any atom is 0.248 e. The van der Waals surface area contributed by atoms with Gasteiger partial charge in [0.25, 0.3) is 0 Å². The highest BCUT2D eigenvalue weighted by atomic mass is 16.5. The summed E-state index contributed by atoms with van der Waals surface area (Å²) in [7, 11) is 1.79. The van der Waals surface area contributed by atoms with Crippen molar-refractivity contribution in [2.24, 2.45) is 0 Å². The Balaban J connectivity index is 1.72. The molecule has 1 atom stereocenters. The van der Waals surface area contributed by atoms with E-state index in [4.69, 9.17) is 9.47 Å². The Morgan fingerprint density at radius 3 is 2.53 bits per heavy atom. The lowest BCUT2D eigenvalue weighted by atomic mass is 10.0. The average Bonchev–Trinajstić information content (AvgIpc) is 2.94. The minimum atomic E-state index is 0.136. The fourth-order valence-electron chi connectivity index (χ4n) is 3.04. The van der Waals surface area contributed by atoms with Crippen LogP contribution in [0.3, 0.4) is 0 Å². The zero-order valence-corrected chi connectivity index (χ0v) is 12.1. The Morgan fingerprint density at radius 1 is 1.21 bits per heavy atom. The van der Waals surface area contributed by atoms with Crippen LogP contribution in [0.25, 0.3) is 0 Å². The standard InChI is InChI=1S/C14H26N2O3/c1-3-19-11-14(17)15-7-4-12(5-8-15)16-9-6-13(10-16)18-2/h12-13H,3-11H2,1-2H3. The number of methoxy groups -OCH3 is 1. The van der Waals surface area contributed by atoms with E-state index in [0.29, 0.717) is 18.8 Å². The van der Waals surface area contributed by atoms with Crippen LogP contribution in [-0.2, 0) is 14.3 Å². The second-order valence-corrected chi connectivity index (χ2v) is 5.39. The van der Waals surface area contributed by atoms with E-state index in [1.807, 2.05) is 11.8 Å². The number of amides is 1. The quantitative estimate of drug-likeness (QED) is 0.739. The Morgan fingerprint density at radius 2 is 1.95 bits per heavy atom. The molecule has 0 bridgehead atoms. The summed E-state index contributed by atoms with van der Waals surface area (Å²) in [5, 5.41) is 0. The smallest absolute Gasteiger partial charge is 0.248 e. The molecule has 0 aliphatic carbocycles. The summed E-state index contributed by atoms with van der Waals surface area (Å²) < 4.78 is 10.6. The lowest BCUT2D eigenvalue weighted by Gasteiger charge is -2.36. The molecule has 0 N–H and O–H groups in total. The lowest BCUT2D eigenvalue weighted by molar-refractivity contribution is -0.137. The number of nitrogens with zero attached hydrogens (tertiary/aromatic N) is 2. The number of rotatable bonds is 5. The summed E-state index contributed by atoms with van der Waals surface area (Å²) in [5.74, 6) is 0.136. The van der Waals surface area contributed by atoms with Crippen molar-refractivity contribution < 1.29 is 14.3 Å². The largest absolute Gasteiger partial charge is 0.380 e. The van der Waals surface area contributed by atoms with E-state index < -0.39 is 0 Å². The molecule has 2 heterocycles. The van der Waals surface area contributed by atoms with Gasteiger partial charge in [-0.15, -0.1) is 0 Å². The fourth-order valence-corrected chi connectivity index (χ4v) is 3.04. The zero-order valence-electron chi connectivity index (χ0n) is 12.1. The molecule has 19 heavy (non-hydrogen) atoms. The topological polar surface area (TPSA) is 42.0 Å². The third-order valence-corrected chi connectivity index (χ3v) is 4.27. The number of ether oxygens (including phenoxy) is 2. The van der Waals surface area contributed by atoms with Crippen molar-refractivity contribution in [1.82, 2.24) is 9.80 Å². The highest BCUT2D eigenvalue weighted by molar-refractivity contribution is 5.77. The molecule has 2 aliphatic heterocycles. The normalized spacial score (nSPS) is 26.0. The molecule has 2 saturated heterocycles. The summed E-state index contributed by atoms with van der Waals surface area (Å²) >= 11 is 0. The van der Waals surface area contributed by atoms with Crippen LogP contribution in [0.5, 0.6) is 0 Å². The van der Waals surface area contributed by atoms with Gasteiger partial charge >= 0.3 is 0 Å². The highest BCUT2D eigenvalue weighted by Gasteiger charge is 2.31. The van der Waals surface area contributed by atoms with Crippen LogP contribution in [0.15, 0.2) is 0 Å². The third-order valence-electron chi connectivity index (χ3n) is 4.27. The molecule has 0 spiro atoms. The third kappa shape index (κ3) is 3.91. The summed E-state index contributed by atoms with van der Waals surface area (Å²) in [4.78, 5) is 16.3. The molecule has 0 aromatic heterocycles. The lowest BCUT2D eigenvalue weighted by Crippen LogP contribution is -2.47. The predicted octanol–water partition coefficient (Wildman–Crippen LogP) is 0.735. The molecule has 2 fully saturated rings. The van der Waals surface area contributed by atoms with Crippen molar-refractivity contribution in [2.45, 2.75) is 38.3 Å². The van der Waals surface area contributed by atoms with Crippen LogP contribution < -0.4 is 0 Å². The molecule has 0 aromatic carbocycles. The van der Waals surface area contributed by atoms with Gasteiger partial charge < -0.3 is 14.4 Å². The molecule has 0 radical (unpaired) electrons. The molecule has 1 amide bonds. The molecule has 5 heteroatoms. The van der Waals surface area contributed by atoms with E-state index in [0.717, 1.165) is 45.4 Å². The molecular weight excluding hydrogens is 244 g/mol. The number of carbonyl (C=O) groups is 1. The van der Waals surface area contributed by atoms with Crippen LogP contribution in [0, 0.1) is 0 Å². The van der Waals surface area contributed by atoms with Crippen LogP contribution in [0.1, 0.15) is 26.2 Å². The Bertz CT molecular complexity index is 290. The first-order valence-corrected chi connectivity index (χ1v) is 7.37. The first kappa shape index (κ1) is 14.8. The van der Waals surface area contributed by atoms with Crippen LogP contribution in [0.4, 0.5) is 0 Å². The van der Waals surface area contributed by atoms with E-state index >= 15 is 0 Å². The van der Waals surface area contributed by atoms with Crippen molar-refractivity contribution in [3.63, 3.8) is 0 Å². The number of hydrogen-bond donors (Lipinski definition) is 0. The summed E-state index contributed by atoms with van der Waals surface area (Å²) in [6.45, 7) is 6.67. The Labute approximate surface area is 115 Å². The second-order valence-electron chi connectivity index (χ2n) is 5.39. The van der Waals surface area contributed by atoms with Crippen LogP contribution in [-0.4, -0.2) is 74.4 Å². The maximum absolute atomic E-state index is 11.9. The minimum absolute atomic E-state index is 0.136. The zero-order chi connectivity index (χ0) is 13.7. The van der Waals surface area contributed by atoms with Crippen molar-refractivity contribution in [3.8, 4) is 0 Å². The SMILES string of the molecule is CCOCC(=O)N1CCC(N2CCC(OC)C2)CC1. The van der Waals surface area contributed by atoms with Crippen molar-refractivity contribution in [2.75, 3.05) is 46.5 Å². The molecule has 2 aliphatic rings. The van der Waals surface area contributed by atoms with E-state index in [2.05, 4.69) is 4.90 Å². The van der Waals surface area contributed by atoms with E-state index in [1.165, 1.54) is 0 Å². The van der Waals surface area contributed by atoms with E-state index in [-0.39, 0.29) is 12.5 Å². The molecule has 0 saturated carbocycles. The Hall–Kier alpha value is -0.650. The van der Waals surface area contributed by atoms with Gasteiger partial charge in [0.2, 0.25) is 5.91 Å². The maximum atomic E-state index is 11.9. The molecule has 0 aromatic rings. The monoisotopic (exact) mass is 270 g/mol. The number of piperidine rings is 1. The average molecular weight is 270 g/mol. The van der Waals surface area contributed by atoms with Gasteiger partial charge in [0.15, 0.2) is 0 Å². The summed E-state index contributed by atoms with van der Waals surface area (Å²) in [5.41, 5.74) is 0. The van der Waals surface area contributed by atoms with Gasteiger partial charge in [-0.2, -0.15) is 0 Å². The molecule has 1 unspecified atom stereocenters. The molecule has 110 valence electrons. The van der Waals surface area contributed by atoms with E-state index in [1.54, 1.807) is 7.11 Å². The minimum Gasteiger partial charge on any atom is -0.380 e. The number of hydrogen-bond acceptors (Lipinski definition) is 4. The summed E-state index contributed by atoms with van der Waals surface area (Å²) in [6.07, 6.45) is 3.69. The van der Waals surface area contributed by atoms with Gasteiger partial charge in [-0.25, -0.2) is 0 Å². The van der Waals surface area contributed by atoms with Crippen molar-refractivity contribution >= 4 is 5.91 Å². The number of carbonyl (C=O) groups excluding carboxylic acids is 1. The fraction of sp³-hybridized carbons (Fsp3) is 0.929. The summed E-state index contributed by atoms with van der Waals surface area (Å²) in [6, 6.07) is 0.622. The second kappa shape index (κ2) is 7.22. The van der Waals surface area contributed by atoms with E-state index in [9.17, 15) is 4.79 Å². The first-order chi connectivity index (χ1) is 9.24. The van der Waals surface area contributed by atoms with Crippen molar-refractivity contribution in [3.05, 3.63) is 0 Å². The van der Waals surface area contributed by atoms with Crippen LogP contribution in [0.2, 0.25) is 0 Å². The van der Waals surface area contributed by atoms with Gasteiger partial charge in [-0.05, 0) is 26.2 Å². The predicted molar refractivity (Wildman–Crippen MR) is 73.1 cm³/mol. The molecule has 5 nitrogen and oxygen atoms in total. The molecule has 2 rings (SSSR count).